The van der Waals surface area contributed by atoms with Crippen LogP contribution < -0.4 is 11.5 Å². The number of terminal acetylenes is 1. The molecule has 8 nitrogen and oxygen atoms in total. The molecule has 1 aliphatic rings. The van der Waals surface area contributed by atoms with Crippen LogP contribution in [0.3, 0.4) is 0 Å². The van der Waals surface area contributed by atoms with Crippen LogP contribution in [0.5, 0.6) is 0 Å². The van der Waals surface area contributed by atoms with Gasteiger partial charge in [-0.25, -0.2) is 0 Å². The number of nitrogens with zero attached hydrogens (tertiary/aromatic N) is 5. The van der Waals surface area contributed by atoms with E-state index in [-0.39, 0.29) is 22.8 Å². The summed E-state index contributed by atoms with van der Waals surface area (Å²) in [5, 5.41) is 0. The molecular weight excluding hydrogens is 573 g/mol. The highest BCUT2D eigenvalue weighted by Gasteiger charge is 2.49. The van der Waals surface area contributed by atoms with Gasteiger partial charge in [-0.05, 0) is 19.8 Å². The summed E-state index contributed by atoms with van der Waals surface area (Å²) < 4.78 is 116. The summed E-state index contributed by atoms with van der Waals surface area (Å²) in [5.74, 6) is -5.89. The third-order valence-electron chi connectivity index (χ3n) is 4.28. The minimum Gasteiger partial charge on any atom is -0.402 e. The molecule has 41 heavy (non-hydrogen) atoms. The maximum Gasteiger partial charge on any atom is 0.471 e. The predicted molar refractivity (Wildman–Crippen MR) is 142 cm³/mol. The first-order valence-electron chi connectivity index (χ1n) is 12.0. The molecule has 1 heterocycles. The number of rotatable bonds is 4. The molecule has 0 aliphatic carbocycles. The standard InChI is InChI=1S/C16H20F9N5O.C3H8N2.C3H8.C2H2/c1-3-4-10(26)5-9-6-27-13(30(7-9)12(31)16(23,24)25)29(2)11(15(20,21)22)28-8-14(17,18)19;1-3(4)5-2;1-3-2;1-2/h4,9H,3,5-8,26H2,1-2H3;1-2H3,(H2,4,5);3H2,1-2H3;1-2H/b10-4+,28-11?;;;. The van der Waals surface area contributed by atoms with Crippen LogP contribution in [0.4, 0.5) is 39.5 Å². The molecule has 1 amide bonds. The van der Waals surface area contributed by atoms with Crippen LogP contribution in [0.2, 0.25) is 0 Å². The number of hydrogen-bond donors (Lipinski definition) is 2. The van der Waals surface area contributed by atoms with Crippen molar-refractivity contribution in [3.63, 3.8) is 0 Å². The fourth-order valence-electron chi connectivity index (χ4n) is 2.76. The number of nitrogens with two attached hydrogens (primary N) is 2. The summed E-state index contributed by atoms with van der Waals surface area (Å²) in [6, 6.07) is 0. The number of hydrogen-bond acceptors (Lipinski definition) is 5. The molecule has 0 saturated carbocycles. The third-order valence-corrected chi connectivity index (χ3v) is 4.28. The lowest BCUT2D eigenvalue weighted by Gasteiger charge is -2.37. The number of halogens is 9. The number of alkyl halides is 9. The summed E-state index contributed by atoms with van der Waals surface area (Å²) in [6.45, 7) is 4.53. The van der Waals surface area contributed by atoms with Gasteiger partial charge in [0.1, 0.15) is 6.54 Å². The molecule has 0 aromatic heterocycles. The molecule has 4 N–H and O–H groups in total. The Labute approximate surface area is 234 Å². The molecule has 0 aromatic rings. The van der Waals surface area contributed by atoms with Gasteiger partial charge in [-0.3, -0.25) is 29.6 Å². The van der Waals surface area contributed by atoms with Crippen molar-refractivity contribution >= 4 is 23.5 Å². The second-order valence-electron chi connectivity index (χ2n) is 8.20. The van der Waals surface area contributed by atoms with Crippen LogP contribution in [0.1, 0.15) is 47.0 Å². The largest absolute Gasteiger partial charge is 0.471 e. The van der Waals surface area contributed by atoms with Crippen molar-refractivity contribution in [3.05, 3.63) is 11.8 Å². The first-order valence-corrected chi connectivity index (χ1v) is 12.0. The van der Waals surface area contributed by atoms with Crippen LogP contribution in [0.15, 0.2) is 26.8 Å². The molecular formula is C24H38F9N7O. The Bertz CT molecular complexity index is 915. The fourth-order valence-corrected chi connectivity index (χ4v) is 2.76. The number of amidine groups is 2. The molecule has 0 radical (unpaired) electrons. The van der Waals surface area contributed by atoms with E-state index in [4.69, 9.17) is 11.5 Å². The van der Waals surface area contributed by atoms with Gasteiger partial charge < -0.3 is 11.5 Å². The Hall–Kier alpha value is -3.45. The van der Waals surface area contributed by atoms with E-state index in [9.17, 15) is 44.3 Å². The van der Waals surface area contributed by atoms with Gasteiger partial charge in [0.2, 0.25) is 11.8 Å². The van der Waals surface area contributed by atoms with Crippen LogP contribution >= 0.6 is 0 Å². The minimum absolute atomic E-state index is 0.0181. The zero-order chi connectivity index (χ0) is 33.2. The lowest BCUT2D eigenvalue weighted by Crippen LogP contribution is -2.57. The van der Waals surface area contributed by atoms with Crippen molar-refractivity contribution in [1.82, 2.24) is 9.80 Å². The van der Waals surface area contributed by atoms with E-state index in [1.807, 2.05) is 0 Å². The second kappa shape index (κ2) is 19.6. The highest BCUT2D eigenvalue weighted by atomic mass is 19.4. The summed E-state index contributed by atoms with van der Waals surface area (Å²) in [4.78, 5) is 21.3. The number of aliphatic imine (C=N–C) groups is 3. The van der Waals surface area contributed by atoms with Gasteiger partial charge in [-0.15, -0.1) is 12.8 Å². The topological polar surface area (TPSA) is 113 Å². The Morgan fingerprint density at radius 2 is 1.54 bits per heavy atom. The number of amides is 1. The van der Waals surface area contributed by atoms with E-state index in [1.54, 1.807) is 27.0 Å². The monoisotopic (exact) mass is 611 g/mol. The van der Waals surface area contributed by atoms with Crippen molar-refractivity contribution in [1.29, 1.82) is 0 Å². The van der Waals surface area contributed by atoms with Gasteiger partial charge >= 0.3 is 24.4 Å². The van der Waals surface area contributed by atoms with Crippen LogP contribution in [0, 0.1) is 18.8 Å². The smallest absolute Gasteiger partial charge is 0.402 e. The molecule has 1 rings (SSSR count). The quantitative estimate of drug-likeness (QED) is 0.199. The summed E-state index contributed by atoms with van der Waals surface area (Å²) >= 11 is 0. The van der Waals surface area contributed by atoms with Crippen LogP contribution in [0.25, 0.3) is 0 Å². The molecule has 0 saturated heterocycles. The molecule has 1 atom stereocenters. The average molecular weight is 612 g/mol. The van der Waals surface area contributed by atoms with Gasteiger partial charge in [0.25, 0.3) is 0 Å². The van der Waals surface area contributed by atoms with Crippen LogP contribution in [-0.4, -0.2) is 85.6 Å². The van der Waals surface area contributed by atoms with Gasteiger partial charge in [0.15, 0.2) is 0 Å². The van der Waals surface area contributed by atoms with E-state index < -0.39 is 55.2 Å². The molecule has 0 spiro atoms. The maximum absolute atomic E-state index is 13.3. The number of carbonyl (C=O) groups is 1. The predicted octanol–water partition coefficient (Wildman–Crippen LogP) is 5.12. The number of carbonyl (C=O) groups excluding carboxylic acids is 1. The zero-order valence-electron chi connectivity index (χ0n) is 23.8. The molecule has 1 unspecified atom stereocenters. The lowest BCUT2D eigenvalue weighted by atomic mass is 10.0. The Morgan fingerprint density at radius 3 is 1.88 bits per heavy atom. The SMILES string of the molecule is C#C.CC/C=C(/N)CC1CN=C(N(C)C(=NCC(F)(F)F)C(F)(F)F)N(C(=O)C(F)(F)F)C1.CCC.CN=C(C)N. The molecule has 17 heteroatoms. The minimum atomic E-state index is -5.46. The van der Waals surface area contributed by atoms with E-state index in [1.165, 1.54) is 6.42 Å². The number of guanidine groups is 1. The van der Waals surface area contributed by atoms with Gasteiger partial charge in [0, 0.05) is 38.8 Å². The highest BCUT2D eigenvalue weighted by molar-refractivity contribution is 6.08. The van der Waals surface area contributed by atoms with E-state index >= 15 is 0 Å². The maximum atomic E-state index is 13.3. The first kappa shape index (κ1) is 42.0. The highest BCUT2D eigenvalue weighted by Crippen LogP contribution is 2.27. The fraction of sp³-hybridized carbons (Fsp3) is 0.667. The van der Waals surface area contributed by atoms with Crippen molar-refractivity contribution < 1.29 is 44.3 Å². The number of allylic oxidation sites excluding steroid dienone is 2. The third kappa shape index (κ3) is 18.5. The summed E-state index contributed by atoms with van der Waals surface area (Å²) in [6.07, 6.45) is -4.65. The normalized spacial score (nSPS) is 16.6. The van der Waals surface area contributed by atoms with Gasteiger partial charge in [-0.2, -0.15) is 39.5 Å². The van der Waals surface area contributed by atoms with Crippen molar-refractivity contribution in [3.8, 4) is 12.8 Å². The van der Waals surface area contributed by atoms with E-state index in [0.29, 0.717) is 25.0 Å². The zero-order valence-corrected chi connectivity index (χ0v) is 23.8. The Balaban J connectivity index is -0.00000125. The van der Waals surface area contributed by atoms with Gasteiger partial charge in [-0.1, -0.05) is 33.3 Å². The summed E-state index contributed by atoms with van der Waals surface area (Å²) in [5.41, 5.74) is 11.0. The van der Waals surface area contributed by atoms with Crippen molar-refractivity contribution in [2.24, 2.45) is 32.4 Å². The van der Waals surface area contributed by atoms with Crippen molar-refractivity contribution in [2.75, 3.05) is 33.7 Å². The summed E-state index contributed by atoms with van der Waals surface area (Å²) in [7, 11) is 2.19. The van der Waals surface area contributed by atoms with Crippen LogP contribution in [-0.2, 0) is 4.79 Å². The molecule has 0 bridgehead atoms. The average Bonchev–Trinajstić information content (AvgIpc) is 2.83. The Kier molecular flexibility index (Phi) is 20.1. The molecule has 238 valence electrons. The van der Waals surface area contributed by atoms with E-state index in [2.05, 4.69) is 41.7 Å². The first-order chi connectivity index (χ1) is 18.7. The van der Waals surface area contributed by atoms with Crippen molar-refractivity contribution in [2.45, 2.75) is 65.5 Å². The molecule has 1 aliphatic heterocycles. The van der Waals surface area contributed by atoms with E-state index in [0.717, 1.165) is 0 Å². The van der Waals surface area contributed by atoms with Gasteiger partial charge in [0.05, 0.1) is 5.84 Å². The lowest BCUT2D eigenvalue weighted by molar-refractivity contribution is -0.182. The molecule has 0 fully saturated rings. The Morgan fingerprint density at radius 1 is 1.07 bits per heavy atom. The second-order valence-corrected chi connectivity index (χ2v) is 8.20. The molecule has 0 aromatic carbocycles.